The molecule has 1 N–H and O–H groups in total. The SMILES string of the molecule is C#Cc1cc(O)ccc1SN1Cc2ccccc2C1c1ccc(-c2ccc(C#N)cc2)cc1. The second-order valence-electron chi connectivity index (χ2n) is 7.90. The molecule has 4 heteroatoms. The molecule has 0 spiro atoms. The number of nitriles is 1. The van der Waals surface area contributed by atoms with Crippen molar-refractivity contribution >= 4 is 11.9 Å². The van der Waals surface area contributed by atoms with Crippen LogP contribution in [0.15, 0.2) is 95.9 Å². The van der Waals surface area contributed by atoms with Crippen molar-refractivity contribution in [2.75, 3.05) is 0 Å². The van der Waals surface area contributed by atoms with Crippen LogP contribution in [0.2, 0.25) is 0 Å². The van der Waals surface area contributed by atoms with E-state index in [-0.39, 0.29) is 11.8 Å². The number of aromatic hydroxyl groups is 1. The van der Waals surface area contributed by atoms with Gasteiger partial charge >= 0.3 is 0 Å². The lowest BCUT2D eigenvalue weighted by Crippen LogP contribution is -2.15. The summed E-state index contributed by atoms with van der Waals surface area (Å²) in [4.78, 5) is 0.947. The number of fused-ring (bicyclic) bond motifs is 1. The summed E-state index contributed by atoms with van der Waals surface area (Å²) in [5, 5.41) is 18.9. The molecule has 158 valence electrons. The van der Waals surface area contributed by atoms with Gasteiger partial charge in [0.25, 0.3) is 0 Å². The topological polar surface area (TPSA) is 47.3 Å². The van der Waals surface area contributed by atoms with E-state index in [9.17, 15) is 5.11 Å². The van der Waals surface area contributed by atoms with Crippen LogP contribution in [0, 0.1) is 23.7 Å². The van der Waals surface area contributed by atoms with Gasteiger partial charge in [0.05, 0.1) is 17.7 Å². The molecule has 0 amide bonds. The Morgan fingerprint density at radius 2 is 1.61 bits per heavy atom. The van der Waals surface area contributed by atoms with Gasteiger partial charge in [-0.15, -0.1) is 6.42 Å². The number of hydrogen-bond acceptors (Lipinski definition) is 4. The Hall–Kier alpha value is -3.96. The van der Waals surface area contributed by atoms with Gasteiger partial charge in [0.15, 0.2) is 0 Å². The fourth-order valence-electron chi connectivity index (χ4n) is 4.22. The Balaban J connectivity index is 1.48. The van der Waals surface area contributed by atoms with Crippen LogP contribution in [0.25, 0.3) is 11.1 Å². The summed E-state index contributed by atoms with van der Waals surface area (Å²) in [6.45, 7) is 0.799. The highest BCUT2D eigenvalue weighted by Crippen LogP contribution is 2.45. The summed E-state index contributed by atoms with van der Waals surface area (Å²) in [6, 6.07) is 32.2. The van der Waals surface area contributed by atoms with Gasteiger partial charge in [-0.1, -0.05) is 66.6 Å². The quantitative estimate of drug-likeness (QED) is 0.287. The first-order valence-corrected chi connectivity index (χ1v) is 11.4. The van der Waals surface area contributed by atoms with Gasteiger partial charge < -0.3 is 5.11 Å². The highest BCUT2D eigenvalue weighted by Gasteiger charge is 2.32. The molecule has 0 radical (unpaired) electrons. The third-order valence-corrected chi connectivity index (χ3v) is 7.00. The minimum absolute atomic E-state index is 0.0839. The summed E-state index contributed by atoms with van der Waals surface area (Å²) < 4.78 is 2.34. The van der Waals surface area contributed by atoms with Gasteiger partial charge in [-0.2, -0.15) is 5.26 Å². The molecule has 1 aliphatic rings. The molecule has 0 aromatic heterocycles. The molecule has 0 saturated heterocycles. The molecule has 0 saturated carbocycles. The van der Waals surface area contributed by atoms with E-state index < -0.39 is 0 Å². The Morgan fingerprint density at radius 3 is 2.30 bits per heavy atom. The highest BCUT2D eigenvalue weighted by molar-refractivity contribution is 7.97. The van der Waals surface area contributed by atoms with Crippen molar-refractivity contribution in [3.05, 3.63) is 119 Å². The number of terminal acetylenes is 1. The molecule has 5 rings (SSSR count). The van der Waals surface area contributed by atoms with Crippen LogP contribution in [0.5, 0.6) is 5.75 Å². The molecule has 1 unspecified atom stereocenters. The zero-order chi connectivity index (χ0) is 22.8. The predicted molar refractivity (Wildman–Crippen MR) is 132 cm³/mol. The third kappa shape index (κ3) is 4.11. The van der Waals surface area contributed by atoms with Crippen molar-refractivity contribution in [2.45, 2.75) is 17.5 Å². The largest absolute Gasteiger partial charge is 0.508 e. The van der Waals surface area contributed by atoms with Gasteiger partial charge in [-0.05, 0) is 70.1 Å². The Bertz CT molecular complexity index is 1400. The van der Waals surface area contributed by atoms with Crippen molar-refractivity contribution in [1.82, 2.24) is 4.31 Å². The lowest BCUT2D eigenvalue weighted by Gasteiger charge is -2.25. The van der Waals surface area contributed by atoms with E-state index in [0.29, 0.717) is 11.1 Å². The minimum Gasteiger partial charge on any atom is -0.508 e. The molecule has 33 heavy (non-hydrogen) atoms. The van der Waals surface area contributed by atoms with E-state index in [1.54, 1.807) is 24.1 Å². The third-order valence-electron chi connectivity index (χ3n) is 5.87. The van der Waals surface area contributed by atoms with E-state index in [4.69, 9.17) is 11.7 Å². The van der Waals surface area contributed by atoms with Gasteiger partial charge in [0.2, 0.25) is 0 Å². The van der Waals surface area contributed by atoms with Crippen LogP contribution in [0.1, 0.15) is 33.9 Å². The number of benzene rings is 4. The molecule has 0 fully saturated rings. The van der Waals surface area contributed by atoms with E-state index in [2.05, 4.69) is 64.8 Å². The molecule has 1 aliphatic heterocycles. The molecular weight excluding hydrogens is 424 g/mol. The highest BCUT2D eigenvalue weighted by atomic mass is 32.2. The first-order chi connectivity index (χ1) is 16.2. The van der Waals surface area contributed by atoms with Crippen molar-refractivity contribution in [1.29, 1.82) is 5.26 Å². The Labute approximate surface area is 198 Å². The molecule has 3 nitrogen and oxygen atoms in total. The fraction of sp³-hybridized carbons (Fsp3) is 0.0690. The molecule has 1 heterocycles. The van der Waals surface area contributed by atoms with Gasteiger partial charge in [-0.25, -0.2) is 4.31 Å². The summed E-state index contributed by atoms with van der Waals surface area (Å²) in [6.07, 6.45) is 5.70. The molecule has 4 aromatic carbocycles. The van der Waals surface area contributed by atoms with Gasteiger partial charge in [0, 0.05) is 17.0 Å². The van der Waals surface area contributed by atoms with Crippen LogP contribution in [0.4, 0.5) is 0 Å². The maximum Gasteiger partial charge on any atom is 0.116 e. The van der Waals surface area contributed by atoms with Crippen molar-refractivity contribution in [2.24, 2.45) is 0 Å². The molecular formula is C29H20N2OS. The molecule has 0 bridgehead atoms. The zero-order valence-electron chi connectivity index (χ0n) is 17.8. The van der Waals surface area contributed by atoms with Crippen molar-refractivity contribution < 1.29 is 5.11 Å². The summed E-state index contributed by atoms with van der Waals surface area (Å²) >= 11 is 1.62. The molecule has 4 aromatic rings. The maximum absolute atomic E-state index is 9.82. The van der Waals surface area contributed by atoms with Crippen molar-refractivity contribution in [3.63, 3.8) is 0 Å². The smallest absolute Gasteiger partial charge is 0.116 e. The average Bonchev–Trinajstić information content (AvgIpc) is 3.23. The van der Waals surface area contributed by atoms with Crippen LogP contribution in [-0.4, -0.2) is 9.41 Å². The van der Waals surface area contributed by atoms with Crippen LogP contribution >= 0.6 is 11.9 Å². The summed E-state index contributed by atoms with van der Waals surface area (Å²) in [5.41, 5.74) is 7.33. The second kappa shape index (κ2) is 8.88. The molecule has 0 aliphatic carbocycles. The van der Waals surface area contributed by atoms with Crippen molar-refractivity contribution in [3.8, 4) is 35.3 Å². The zero-order valence-corrected chi connectivity index (χ0v) is 18.6. The van der Waals surface area contributed by atoms with E-state index in [1.165, 1.54) is 16.7 Å². The number of rotatable bonds is 4. The number of hydrogen-bond donors (Lipinski definition) is 1. The predicted octanol–water partition coefficient (Wildman–Crippen LogP) is 6.52. The lowest BCUT2D eigenvalue weighted by molar-refractivity contribution is 0.443. The number of phenolic OH excluding ortho intramolecular Hbond substituents is 1. The van der Waals surface area contributed by atoms with E-state index in [0.717, 1.165) is 22.6 Å². The molecule has 1 atom stereocenters. The number of phenols is 1. The van der Waals surface area contributed by atoms with E-state index >= 15 is 0 Å². The fourth-order valence-corrected chi connectivity index (χ4v) is 5.36. The van der Waals surface area contributed by atoms with Gasteiger partial charge in [-0.3, -0.25) is 0 Å². The first kappa shape index (κ1) is 20.9. The normalized spacial score (nSPS) is 14.9. The van der Waals surface area contributed by atoms with Crippen LogP contribution in [0.3, 0.4) is 0 Å². The van der Waals surface area contributed by atoms with Crippen LogP contribution < -0.4 is 0 Å². The standard InChI is InChI=1S/C29H20N2OS/c1-2-21-17-26(32)15-16-28(21)33-31-19-25-5-3-4-6-27(25)29(31)24-13-11-23(12-14-24)22-9-7-20(18-30)8-10-22/h1,3-17,29,32H,19H2. The lowest BCUT2D eigenvalue weighted by atomic mass is 9.96. The van der Waals surface area contributed by atoms with Gasteiger partial charge in [0.1, 0.15) is 5.75 Å². The summed E-state index contributed by atoms with van der Waals surface area (Å²) in [5.74, 6) is 2.87. The number of nitrogens with zero attached hydrogens (tertiary/aromatic N) is 2. The first-order valence-electron chi connectivity index (χ1n) is 10.6. The maximum atomic E-state index is 9.82. The summed E-state index contributed by atoms with van der Waals surface area (Å²) in [7, 11) is 0. The van der Waals surface area contributed by atoms with E-state index in [1.807, 2.05) is 30.3 Å². The van der Waals surface area contributed by atoms with Crippen LogP contribution in [-0.2, 0) is 6.54 Å². The monoisotopic (exact) mass is 444 g/mol. The second-order valence-corrected chi connectivity index (χ2v) is 9.00. The Morgan fingerprint density at radius 1 is 0.909 bits per heavy atom. The minimum atomic E-state index is 0.0839. The Kier molecular flexibility index (Phi) is 5.63. The average molecular weight is 445 g/mol.